The fraction of sp³-hybridized carbons (Fsp3) is 0.632. The predicted octanol–water partition coefficient (Wildman–Crippen LogP) is 3.42. The van der Waals surface area contributed by atoms with E-state index in [9.17, 15) is 14.6 Å². The first kappa shape index (κ1) is 20.1. The van der Waals surface area contributed by atoms with E-state index in [0.29, 0.717) is 17.6 Å². The number of rotatable bonds is 8. The molecule has 0 saturated heterocycles. The van der Waals surface area contributed by atoms with Gasteiger partial charge in [-0.25, -0.2) is 0 Å². The van der Waals surface area contributed by atoms with Crippen LogP contribution in [-0.2, 0) is 4.57 Å². The van der Waals surface area contributed by atoms with Crippen molar-refractivity contribution in [2.75, 3.05) is 18.9 Å². The third kappa shape index (κ3) is 6.92. The van der Waals surface area contributed by atoms with E-state index in [4.69, 9.17) is 5.26 Å². The third-order valence-corrected chi connectivity index (χ3v) is 7.02. The molecule has 3 atom stereocenters. The van der Waals surface area contributed by atoms with Crippen LogP contribution >= 0.6 is 7.37 Å². The van der Waals surface area contributed by atoms with Crippen molar-refractivity contribution < 1.29 is 14.6 Å². The fourth-order valence-corrected chi connectivity index (χ4v) is 5.66. The summed E-state index contributed by atoms with van der Waals surface area (Å²) < 4.78 is 12.4. The van der Waals surface area contributed by atoms with Gasteiger partial charge in [-0.1, -0.05) is 31.4 Å². The molecule has 1 aliphatic rings. The van der Waals surface area contributed by atoms with Gasteiger partial charge in [0, 0.05) is 18.7 Å². The normalized spacial score (nSPS) is 20.4. The van der Waals surface area contributed by atoms with E-state index in [-0.39, 0.29) is 18.7 Å². The van der Waals surface area contributed by atoms with Crippen molar-refractivity contribution in [1.29, 1.82) is 5.26 Å². The van der Waals surface area contributed by atoms with Gasteiger partial charge in [-0.2, -0.15) is 5.26 Å². The molecule has 0 amide bonds. The monoisotopic (exact) mass is 364 g/mol. The number of hydrogen-bond donors (Lipinski definition) is 3. The average Bonchev–Trinajstić information content (AvgIpc) is 2.59. The molecule has 1 aromatic rings. The zero-order valence-corrected chi connectivity index (χ0v) is 15.8. The van der Waals surface area contributed by atoms with Crippen LogP contribution in [0.5, 0.6) is 0 Å². The molecule has 3 N–H and O–H groups in total. The second-order valence-corrected chi connectivity index (χ2v) is 9.66. The molecule has 1 saturated carbocycles. The van der Waals surface area contributed by atoms with Gasteiger partial charge < -0.3 is 15.3 Å². The summed E-state index contributed by atoms with van der Waals surface area (Å²) >= 11 is 0. The zero-order valence-electron chi connectivity index (χ0n) is 14.9. The molecule has 2 unspecified atom stereocenters. The summed E-state index contributed by atoms with van der Waals surface area (Å²) in [4.78, 5) is 10.2. The SMILES string of the molecule is CC(NC[C@@H](O)CP(=O)(O)CC1CCCCC1)c1cccc(C#N)c1. The smallest absolute Gasteiger partial charge is 0.203 e. The van der Waals surface area contributed by atoms with Gasteiger partial charge in [0.25, 0.3) is 0 Å². The molecule has 6 heteroatoms. The maximum Gasteiger partial charge on any atom is 0.203 e. The van der Waals surface area contributed by atoms with E-state index in [2.05, 4.69) is 11.4 Å². The number of benzene rings is 1. The molecule has 1 fully saturated rings. The lowest BCUT2D eigenvalue weighted by Crippen LogP contribution is -2.32. The first-order chi connectivity index (χ1) is 11.9. The molecular formula is C19H29N2O3P. The molecule has 0 aliphatic heterocycles. The topological polar surface area (TPSA) is 93.3 Å². The summed E-state index contributed by atoms with van der Waals surface area (Å²) in [6.45, 7) is 2.21. The van der Waals surface area contributed by atoms with Crippen molar-refractivity contribution >= 4 is 7.37 Å². The van der Waals surface area contributed by atoms with Crippen molar-refractivity contribution in [3.8, 4) is 6.07 Å². The Hall–Kier alpha value is -1.18. The van der Waals surface area contributed by atoms with Crippen LogP contribution < -0.4 is 5.32 Å². The van der Waals surface area contributed by atoms with Gasteiger partial charge in [-0.05, 0) is 43.4 Å². The Bertz CT molecular complexity index is 638. The van der Waals surface area contributed by atoms with Crippen LogP contribution in [0.4, 0.5) is 0 Å². The van der Waals surface area contributed by atoms with Gasteiger partial charge in [0.1, 0.15) is 0 Å². The van der Waals surface area contributed by atoms with Crippen LogP contribution in [0.3, 0.4) is 0 Å². The second kappa shape index (κ2) is 9.50. The summed E-state index contributed by atoms with van der Waals surface area (Å²) in [7, 11) is -3.29. The van der Waals surface area contributed by atoms with Crippen LogP contribution in [0.15, 0.2) is 24.3 Å². The zero-order chi connectivity index (χ0) is 18.3. The Morgan fingerprint density at radius 2 is 2.08 bits per heavy atom. The van der Waals surface area contributed by atoms with Crippen molar-refractivity contribution in [3.05, 3.63) is 35.4 Å². The van der Waals surface area contributed by atoms with Gasteiger partial charge in [0.05, 0.1) is 23.9 Å². The summed E-state index contributed by atoms with van der Waals surface area (Å²) in [5.41, 5.74) is 1.56. The molecule has 25 heavy (non-hydrogen) atoms. The first-order valence-electron chi connectivity index (χ1n) is 9.12. The summed E-state index contributed by atoms with van der Waals surface area (Å²) in [6.07, 6.45) is 5.02. The minimum absolute atomic E-state index is 0.0422. The van der Waals surface area contributed by atoms with Gasteiger partial charge in [-0.3, -0.25) is 4.57 Å². The lowest BCUT2D eigenvalue weighted by molar-refractivity contribution is 0.186. The van der Waals surface area contributed by atoms with Crippen molar-refractivity contribution in [1.82, 2.24) is 5.32 Å². The van der Waals surface area contributed by atoms with Gasteiger partial charge in [0.2, 0.25) is 7.37 Å². The lowest BCUT2D eigenvalue weighted by Gasteiger charge is -2.25. The standard InChI is InChI=1S/C19H29N2O3P/c1-15(18-9-5-8-17(10-18)11-20)21-12-19(22)14-25(23,24)13-16-6-3-2-4-7-16/h5,8-10,15-16,19,21-22H,2-4,6-7,12-14H2,1H3,(H,23,24)/t15?,19-/m1/s1. The summed E-state index contributed by atoms with van der Waals surface area (Å²) in [5, 5.41) is 22.3. The second-order valence-electron chi connectivity index (χ2n) is 7.24. The molecule has 0 radical (unpaired) electrons. The van der Waals surface area contributed by atoms with E-state index in [1.165, 1.54) is 6.42 Å². The highest BCUT2D eigenvalue weighted by Crippen LogP contribution is 2.45. The molecule has 1 aromatic carbocycles. The first-order valence-corrected chi connectivity index (χ1v) is 11.1. The van der Waals surface area contributed by atoms with Crippen molar-refractivity contribution in [2.45, 2.75) is 51.2 Å². The Kier molecular flexibility index (Phi) is 7.65. The maximum atomic E-state index is 12.4. The van der Waals surface area contributed by atoms with E-state index < -0.39 is 13.5 Å². The van der Waals surface area contributed by atoms with Crippen LogP contribution in [0.2, 0.25) is 0 Å². The number of nitriles is 1. The molecular weight excluding hydrogens is 335 g/mol. The van der Waals surface area contributed by atoms with E-state index in [0.717, 1.165) is 31.2 Å². The molecule has 2 rings (SSSR count). The van der Waals surface area contributed by atoms with E-state index in [1.54, 1.807) is 6.07 Å². The molecule has 5 nitrogen and oxygen atoms in total. The number of nitrogens with zero attached hydrogens (tertiary/aromatic N) is 1. The predicted molar refractivity (Wildman–Crippen MR) is 99.7 cm³/mol. The Labute approximate surface area is 150 Å². The van der Waals surface area contributed by atoms with E-state index in [1.807, 2.05) is 25.1 Å². The number of nitrogens with one attached hydrogen (secondary N) is 1. The largest absolute Gasteiger partial charge is 0.391 e. The molecule has 1 aliphatic carbocycles. The number of hydrogen-bond acceptors (Lipinski definition) is 4. The van der Waals surface area contributed by atoms with Crippen molar-refractivity contribution in [3.63, 3.8) is 0 Å². The van der Waals surface area contributed by atoms with Crippen molar-refractivity contribution in [2.24, 2.45) is 5.92 Å². The van der Waals surface area contributed by atoms with Crippen LogP contribution in [0.1, 0.15) is 56.2 Å². The van der Waals surface area contributed by atoms with Gasteiger partial charge in [-0.15, -0.1) is 0 Å². The summed E-state index contributed by atoms with van der Waals surface area (Å²) in [5.74, 6) is 0.331. The Morgan fingerprint density at radius 1 is 1.36 bits per heavy atom. The lowest BCUT2D eigenvalue weighted by atomic mass is 9.91. The molecule has 0 spiro atoms. The molecule has 0 aromatic heterocycles. The molecule has 0 heterocycles. The average molecular weight is 364 g/mol. The van der Waals surface area contributed by atoms with E-state index >= 15 is 0 Å². The highest BCUT2D eigenvalue weighted by atomic mass is 31.2. The van der Waals surface area contributed by atoms with Crippen LogP contribution in [-0.4, -0.2) is 35.0 Å². The number of aliphatic hydroxyl groups is 1. The van der Waals surface area contributed by atoms with Crippen LogP contribution in [0, 0.1) is 17.2 Å². The number of aliphatic hydroxyl groups excluding tert-OH is 1. The van der Waals surface area contributed by atoms with Gasteiger partial charge in [0.15, 0.2) is 0 Å². The maximum absolute atomic E-state index is 12.4. The quantitative estimate of drug-likeness (QED) is 0.615. The third-order valence-electron chi connectivity index (χ3n) is 4.94. The molecule has 138 valence electrons. The Balaban J connectivity index is 1.79. The fourth-order valence-electron chi connectivity index (χ4n) is 3.55. The molecule has 0 bridgehead atoms. The Morgan fingerprint density at radius 3 is 2.76 bits per heavy atom. The highest BCUT2D eigenvalue weighted by molar-refractivity contribution is 7.58. The minimum Gasteiger partial charge on any atom is -0.391 e. The minimum atomic E-state index is -3.29. The van der Waals surface area contributed by atoms with Gasteiger partial charge >= 0.3 is 0 Å². The van der Waals surface area contributed by atoms with Crippen LogP contribution in [0.25, 0.3) is 0 Å². The summed E-state index contributed by atoms with van der Waals surface area (Å²) in [6, 6.07) is 9.37. The highest BCUT2D eigenvalue weighted by Gasteiger charge is 2.28.